The van der Waals surface area contributed by atoms with Crippen molar-refractivity contribution in [3.63, 3.8) is 0 Å². The van der Waals surface area contributed by atoms with E-state index in [1.165, 1.54) is 5.56 Å². The van der Waals surface area contributed by atoms with Gasteiger partial charge in [-0.25, -0.2) is 0 Å². The third-order valence-corrected chi connectivity index (χ3v) is 1.63. The number of benzene rings is 1. The van der Waals surface area contributed by atoms with E-state index >= 15 is 0 Å². The van der Waals surface area contributed by atoms with E-state index in [0.29, 0.717) is 0 Å². The van der Waals surface area contributed by atoms with Crippen molar-refractivity contribution in [3.05, 3.63) is 42.9 Å². The van der Waals surface area contributed by atoms with Crippen LogP contribution in [0.4, 0.5) is 0 Å². The molecule has 0 amide bonds. The second-order valence-electron chi connectivity index (χ2n) is 2.82. The van der Waals surface area contributed by atoms with Gasteiger partial charge < -0.3 is 4.90 Å². The van der Waals surface area contributed by atoms with Gasteiger partial charge in [0.1, 0.15) is 0 Å². The molecule has 1 aromatic rings. The molecule has 0 spiro atoms. The fraction of sp³-hybridized carbons (Fsp3) is 0.300. The minimum Gasteiger partial charge on any atom is -0.462 e. The molecule has 0 atom stereocenters. The largest absolute Gasteiger partial charge is 0.462 e. The lowest BCUT2D eigenvalue weighted by Gasteiger charge is -2.17. The second-order valence-corrected chi connectivity index (χ2v) is 2.82. The number of nitrogens with zero attached hydrogens (tertiary/aromatic N) is 1. The van der Waals surface area contributed by atoms with E-state index in [4.69, 9.17) is 0 Å². The molecule has 0 aliphatic heterocycles. The lowest BCUT2D eigenvalue weighted by molar-refractivity contribution is 0.455. The van der Waals surface area contributed by atoms with Crippen molar-refractivity contribution < 1.29 is 0 Å². The molecule has 0 bridgehead atoms. The molecule has 60 valence electrons. The summed E-state index contributed by atoms with van der Waals surface area (Å²) in [7, 11) is 5.78. The van der Waals surface area contributed by atoms with Crippen LogP contribution in [-0.4, -0.2) is 18.5 Å². The molecule has 1 nitrogen and oxygen atoms in total. The predicted octanol–water partition coefficient (Wildman–Crippen LogP) is 1.95. The minimum absolute atomic E-state index is 1.02. The van der Waals surface area contributed by atoms with Gasteiger partial charge in [0.2, 0.25) is 0 Å². The summed E-state index contributed by atoms with van der Waals surface area (Å²) in [5, 5.41) is 0. The van der Waals surface area contributed by atoms with Crippen LogP contribution in [0.1, 0.15) is 5.56 Å². The van der Waals surface area contributed by atoms with Gasteiger partial charge in [-0.1, -0.05) is 30.3 Å². The van der Waals surface area contributed by atoms with E-state index < -0.39 is 0 Å². The predicted molar refractivity (Wildman–Crippen MR) is 48.1 cm³/mol. The van der Waals surface area contributed by atoms with E-state index in [-0.39, 0.29) is 0 Å². The van der Waals surface area contributed by atoms with E-state index in [9.17, 15) is 0 Å². The molecule has 0 radical (unpaired) electrons. The summed E-state index contributed by atoms with van der Waals surface area (Å²) in [6, 6.07) is 10.5. The van der Waals surface area contributed by atoms with Gasteiger partial charge in [0.05, 0.1) is 0 Å². The van der Waals surface area contributed by atoms with Crippen LogP contribution in [0.2, 0.25) is 0 Å². The highest BCUT2D eigenvalue weighted by Crippen LogP contribution is 1.99. The summed E-state index contributed by atoms with van der Waals surface area (Å²) >= 11 is 0. The van der Waals surface area contributed by atoms with Crippen LogP contribution in [0, 0.1) is 7.05 Å². The summed E-state index contributed by atoms with van der Waals surface area (Å²) in [5.74, 6) is 0. The first kappa shape index (κ1) is 8.28. The van der Waals surface area contributed by atoms with Crippen LogP contribution in [0.5, 0.6) is 0 Å². The first-order valence-corrected chi connectivity index (χ1v) is 3.84. The van der Waals surface area contributed by atoms with Gasteiger partial charge in [-0.3, -0.25) is 7.05 Å². The Morgan fingerprint density at radius 3 is 2.45 bits per heavy atom. The lowest BCUT2D eigenvalue weighted by atomic mass is 10.1. The van der Waals surface area contributed by atoms with Crippen LogP contribution in [-0.2, 0) is 6.42 Å². The minimum atomic E-state index is 1.02. The van der Waals surface area contributed by atoms with Gasteiger partial charge in [-0.05, 0) is 25.6 Å². The van der Waals surface area contributed by atoms with Crippen molar-refractivity contribution in [2.45, 2.75) is 6.42 Å². The summed E-state index contributed by atoms with van der Waals surface area (Å²) in [6.07, 6.45) is 1.08. The van der Waals surface area contributed by atoms with E-state index in [1.54, 1.807) is 0 Å². The maximum Gasteiger partial charge on any atom is -0.0175 e. The molecule has 0 aliphatic rings. The third-order valence-electron chi connectivity index (χ3n) is 1.63. The van der Waals surface area contributed by atoms with Crippen molar-refractivity contribution >= 4 is 0 Å². The number of rotatable bonds is 3. The van der Waals surface area contributed by atoms with Gasteiger partial charge in [0.25, 0.3) is 0 Å². The maximum atomic E-state index is 3.79. The zero-order valence-electron chi connectivity index (χ0n) is 6.96. The summed E-state index contributed by atoms with van der Waals surface area (Å²) < 4.78 is 0. The molecule has 0 saturated carbocycles. The molecule has 1 heteroatoms. The lowest BCUT2D eigenvalue weighted by Crippen LogP contribution is -2.12. The Labute approximate surface area is 68.7 Å². The summed E-state index contributed by atoms with van der Waals surface area (Å²) in [6.45, 7) is 1.02. The summed E-state index contributed by atoms with van der Waals surface area (Å²) in [4.78, 5) is 1.95. The molecule has 0 fully saturated rings. The fourth-order valence-electron chi connectivity index (χ4n) is 0.965. The summed E-state index contributed by atoms with van der Waals surface area (Å²) in [5.41, 5.74) is 1.38. The second kappa shape index (κ2) is 4.14. The fourth-order valence-corrected chi connectivity index (χ4v) is 0.965. The molecule has 0 heterocycles. The molecule has 0 N–H and O–H groups in total. The van der Waals surface area contributed by atoms with Crippen LogP contribution < -0.4 is 0 Å². The number of hydrogen-bond donors (Lipinski definition) is 0. The quantitative estimate of drug-likeness (QED) is 0.592. The van der Waals surface area contributed by atoms with Gasteiger partial charge in [-0.15, -0.1) is 0 Å². The van der Waals surface area contributed by atoms with Crippen molar-refractivity contribution in [1.29, 1.82) is 0 Å². The standard InChI is InChI=1S/C10H14N/c1-11(2)9-8-10-6-4-3-5-7-10/h3-7H,1,8-9H2,2H3/q-1. The van der Waals surface area contributed by atoms with E-state index in [2.05, 4.69) is 31.3 Å². The van der Waals surface area contributed by atoms with Crippen molar-refractivity contribution in [3.8, 4) is 0 Å². The topological polar surface area (TPSA) is 3.24 Å². The average Bonchev–Trinajstić information content (AvgIpc) is 2.03. The van der Waals surface area contributed by atoms with Gasteiger partial charge in [-0.2, -0.15) is 0 Å². The molecular weight excluding hydrogens is 134 g/mol. The highest BCUT2D eigenvalue weighted by Gasteiger charge is 1.88. The van der Waals surface area contributed by atoms with Gasteiger partial charge in [0, 0.05) is 0 Å². The Bertz CT molecular complexity index is 191. The number of hydrogen-bond acceptors (Lipinski definition) is 1. The van der Waals surface area contributed by atoms with Crippen molar-refractivity contribution in [1.82, 2.24) is 4.90 Å². The Hall–Kier alpha value is -0.820. The Balaban J connectivity index is 2.39. The normalized spacial score (nSPS) is 10.5. The van der Waals surface area contributed by atoms with Crippen molar-refractivity contribution in [2.75, 3.05) is 13.6 Å². The average molecular weight is 148 g/mol. The molecule has 1 aromatic carbocycles. The maximum absolute atomic E-state index is 3.79. The molecule has 1 rings (SSSR count). The molecule has 0 unspecified atom stereocenters. The Morgan fingerprint density at radius 2 is 1.91 bits per heavy atom. The third kappa shape index (κ3) is 3.19. The van der Waals surface area contributed by atoms with Gasteiger partial charge >= 0.3 is 0 Å². The molecule has 0 saturated heterocycles. The molecule has 0 aromatic heterocycles. The smallest absolute Gasteiger partial charge is 0.0175 e. The highest BCUT2D eigenvalue weighted by atomic mass is 15.0. The van der Waals surface area contributed by atoms with Crippen LogP contribution in [0.25, 0.3) is 0 Å². The zero-order valence-corrected chi connectivity index (χ0v) is 6.96. The number of likely N-dealkylation sites (N-methyl/N-ethyl adjacent to an activating group) is 1. The van der Waals surface area contributed by atoms with Crippen molar-refractivity contribution in [2.24, 2.45) is 0 Å². The van der Waals surface area contributed by atoms with Crippen LogP contribution in [0.3, 0.4) is 0 Å². The molecule has 0 aliphatic carbocycles. The van der Waals surface area contributed by atoms with E-state index in [1.807, 2.05) is 18.0 Å². The van der Waals surface area contributed by atoms with Crippen LogP contribution in [0.15, 0.2) is 30.3 Å². The zero-order chi connectivity index (χ0) is 8.10. The first-order chi connectivity index (χ1) is 5.29. The van der Waals surface area contributed by atoms with Gasteiger partial charge in [0.15, 0.2) is 0 Å². The SMILES string of the molecule is [CH2-]N(C)CCc1ccccc1. The molecular formula is C10H14N-. The van der Waals surface area contributed by atoms with Crippen LogP contribution >= 0.6 is 0 Å². The Morgan fingerprint density at radius 1 is 1.27 bits per heavy atom. The Kier molecular flexibility index (Phi) is 3.12. The molecule has 11 heavy (non-hydrogen) atoms. The first-order valence-electron chi connectivity index (χ1n) is 3.84. The van der Waals surface area contributed by atoms with E-state index in [0.717, 1.165) is 13.0 Å². The highest BCUT2D eigenvalue weighted by molar-refractivity contribution is 5.14. The monoisotopic (exact) mass is 148 g/mol.